The highest BCUT2D eigenvalue weighted by atomic mass is 16.6. The van der Waals surface area contributed by atoms with Crippen LogP contribution in [-0.2, 0) is 13.2 Å². The lowest BCUT2D eigenvalue weighted by atomic mass is 10.1. The first kappa shape index (κ1) is 24.4. The van der Waals surface area contributed by atoms with Crippen molar-refractivity contribution >= 4 is 5.69 Å². The highest BCUT2D eigenvalue weighted by Crippen LogP contribution is 2.31. The summed E-state index contributed by atoms with van der Waals surface area (Å²) in [4.78, 5) is 13.3. The lowest BCUT2D eigenvalue weighted by Crippen LogP contribution is -2.29. The van der Waals surface area contributed by atoms with Crippen molar-refractivity contribution in [2.75, 3.05) is 19.6 Å². The van der Waals surface area contributed by atoms with Crippen LogP contribution in [-0.4, -0.2) is 34.6 Å². The highest BCUT2D eigenvalue weighted by Gasteiger charge is 2.21. The minimum Gasteiger partial charge on any atom is -0.482 e. The van der Waals surface area contributed by atoms with Crippen molar-refractivity contribution in [3.8, 4) is 5.75 Å². The second kappa shape index (κ2) is 12.7. The van der Waals surface area contributed by atoms with E-state index in [0.717, 1.165) is 30.5 Å². The van der Waals surface area contributed by atoms with Crippen molar-refractivity contribution in [2.45, 2.75) is 32.1 Å². The van der Waals surface area contributed by atoms with Crippen LogP contribution < -0.4 is 10.5 Å². The molecule has 0 bridgehead atoms. The largest absolute Gasteiger partial charge is 0.482 e. The summed E-state index contributed by atoms with van der Waals surface area (Å²) in [5, 5.41) is 22.6. The van der Waals surface area contributed by atoms with Gasteiger partial charge in [0.15, 0.2) is 5.75 Å². The molecule has 0 amide bonds. The zero-order chi connectivity index (χ0) is 23.5. The number of aliphatic hydroxyl groups excluding tert-OH is 1. The Morgan fingerprint density at radius 2 is 1.64 bits per heavy atom. The molecular formula is C26H31N3O4. The molecule has 0 radical (unpaired) electrons. The summed E-state index contributed by atoms with van der Waals surface area (Å²) in [6, 6.07) is 24.2. The molecule has 0 fully saturated rings. The molecule has 0 aliphatic heterocycles. The standard InChI is InChI=1S/C26H31N3O4/c27-15-7-8-16-28(18-21-9-3-1-4-10-21)19-25(30)23-13-14-26(24(17-23)29(31)32)33-20-22-11-5-2-6-12-22/h1-6,9-14,17,25,30H,7-8,15-16,18-20,27H2. The number of nitro groups is 1. The third kappa shape index (κ3) is 7.68. The number of hydrogen-bond acceptors (Lipinski definition) is 6. The Kier molecular flexibility index (Phi) is 9.38. The molecule has 3 N–H and O–H groups in total. The van der Waals surface area contributed by atoms with Gasteiger partial charge in [-0.05, 0) is 48.7 Å². The van der Waals surface area contributed by atoms with Gasteiger partial charge in [0.05, 0.1) is 11.0 Å². The van der Waals surface area contributed by atoms with Crippen LogP contribution in [0.1, 0.15) is 35.6 Å². The molecule has 7 nitrogen and oxygen atoms in total. The maximum Gasteiger partial charge on any atom is 0.311 e. The Morgan fingerprint density at radius 1 is 0.970 bits per heavy atom. The van der Waals surface area contributed by atoms with Gasteiger partial charge in [-0.3, -0.25) is 15.0 Å². The molecule has 0 aliphatic carbocycles. The second-order valence-electron chi connectivity index (χ2n) is 7.99. The number of benzene rings is 3. The Hall–Kier alpha value is -3.26. The van der Waals surface area contributed by atoms with Crippen LogP contribution in [0.15, 0.2) is 78.9 Å². The zero-order valence-corrected chi connectivity index (χ0v) is 18.7. The van der Waals surface area contributed by atoms with Crippen molar-refractivity contribution in [1.29, 1.82) is 0 Å². The van der Waals surface area contributed by atoms with Gasteiger partial charge in [-0.2, -0.15) is 0 Å². The number of nitrogens with two attached hydrogens (primary N) is 1. The topological polar surface area (TPSA) is 102 Å². The summed E-state index contributed by atoms with van der Waals surface area (Å²) in [5.41, 5.74) is 8.04. The molecular weight excluding hydrogens is 418 g/mol. The first-order chi connectivity index (χ1) is 16.1. The van der Waals surface area contributed by atoms with E-state index in [1.54, 1.807) is 12.1 Å². The SMILES string of the molecule is NCCCCN(Cc1ccccc1)CC(O)c1ccc(OCc2ccccc2)c([N+](=O)[O-])c1. The predicted octanol–water partition coefficient (Wildman–Crippen LogP) is 4.45. The molecule has 0 heterocycles. The smallest absolute Gasteiger partial charge is 0.311 e. The van der Waals surface area contributed by atoms with Crippen LogP contribution in [0.25, 0.3) is 0 Å². The number of hydrogen-bond donors (Lipinski definition) is 2. The molecule has 3 aromatic carbocycles. The summed E-state index contributed by atoms with van der Waals surface area (Å²) in [6.45, 7) is 2.68. The van der Waals surface area contributed by atoms with Crippen molar-refractivity contribution in [3.05, 3.63) is 106 Å². The molecule has 1 unspecified atom stereocenters. The van der Waals surface area contributed by atoms with E-state index in [4.69, 9.17) is 10.5 Å². The van der Waals surface area contributed by atoms with Gasteiger partial charge in [0.2, 0.25) is 0 Å². The van der Waals surface area contributed by atoms with Crippen LogP contribution in [0.3, 0.4) is 0 Å². The molecule has 0 saturated carbocycles. The van der Waals surface area contributed by atoms with Crippen LogP contribution in [0.4, 0.5) is 5.69 Å². The summed E-state index contributed by atoms with van der Waals surface area (Å²) < 4.78 is 5.70. The van der Waals surface area contributed by atoms with Crippen molar-refractivity contribution in [1.82, 2.24) is 4.90 Å². The highest BCUT2D eigenvalue weighted by molar-refractivity contribution is 5.49. The second-order valence-corrected chi connectivity index (χ2v) is 7.99. The van der Waals surface area contributed by atoms with E-state index in [9.17, 15) is 15.2 Å². The van der Waals surface area contributed by atoms with Gasteiger partial charge in [-0.25, -0.2) is 0 Å². The average molecular weight is 450 g/mol. The summed E-state index contributed by atoms with van der Waals surface area (Å²) >= 11 is 0. The van der Waals surface area contributed by atoms with E-state index in [1.807, 2.05) is 60.7 Å². The number of aliphatic hydroxyl groups is 1. The minimum atomic E-state index is -0.867. The number of nitro benzene ring substituents is 1. The van der Waals surface area contributed by atoms with E-state index < -0.39 is 11.0 Å². The Balaban J connectivity index is 1.71. The fourth-order valence-electron chi connectivity index (χ4n) is 3.65. The molecule has 3 aromatic rings. The van der Waals surface area contributed by atoms with Crippen molar-refractivity contribution in [2.24, 2.45) is 5.73 Å². The maximum atomic E-state index is 11.7. The van der Waals surface area contributed by atoms with E-state index in [2.05, 4.69) is 4.90 Å². The molecule has 0 saturated heterocycles. The zero-order valence-electron chi connectivity index (χ0n) is 18.7. The lowest BCUT2D eigenvalue weighted by Gasteiger charge is -2.25. The summed E-state index contributed by atoms with van der Waals surface area (Å²) in [7, 11) is 0. The molecule has 7 heteroatoms. The summed E-state index contributed by atoms with van der Waals surface area (Å²) in [5.74, 6) is 0.184. The molecule has 174 valence electrons. The van der Waals surface area contributed by atoms with Crippen LogP contribution >= 0.6 is 0 Å². The minimum absolute atomic E-state index is 0.153. The molecule has 1 atom stereocenters. The third-order valence-corrected chi connectivity index (χ3v) is 5.41. The molecule has 33 heavy (non-hydrogen) atoms. The van der Waals surface area contributed by atoms with E-state index >= 15 is 0 Å². The first-order valence-corrected chi connectivity index (χ1v) is 11.2. The Bertz CT molecular complexity index is 999. The number of unbranched alkanes of at least 4 members (excludes halogenated alkanes) is 1. The van der Waals surface area contributed by atoms with Crippen molar-refractivity contribution in [3.63, 3.8) is 0 Å². The van der Waals surface area contributed by atoms with E-state index in [1.165, 1.54) is 6.07 Å². The average Bonchev–Trinajstić information content (AvgIpc) is 2.84. The van der Waals surface area contributed by atoms with Gasteiger partial charge < -0.3 is 15.6 Å². The van der Waals surface area contributed by atoms with Gasteiger partial charge >= 0.3 is 5.69 Å². The Labute approximate surface area is 194 Å². The number of nitrogens with zero attached hydrogens (tertiary/aromatic N) is 2. The van der Waals surface area contributed by atoms with Crippen molar-refractivity contribution < 1.29 is 14.8 Å². The molecule has 0 spiro atoms. The van der Waals surface area contributed by atoms with E-state index in [0.29, 0.717) is 25.2 Å². The van der Waals surface area contributed by atoms with Crippen LogP contribution in [0.5, 0.6) is 5.75 Å². The quantitative estimate of drug-likeness (QED) is 0.227. The summed E-state index contributed by atoms with van der Waals surface area (Å²) in [6.07, 6.45) is 0.955. The number of rotatable bonds is 13. The first-order valence-electron chi connectivity index (χ1n) is 11.2. The maximum absolute atomic E-state index is 11.7. The van der Waals surface area contributed by atoms with Crippen LogP contribution in [0.2, 0.25) is 0 Å². The van der Waals surface area contributed by atoms with Gasteiger partial charge in [-0.1, -0.05) is 66.7 Å². The molecule has 0 aromatic heterocycles. The fraction of sp³-hybridized carbons (Fsp3) is 0.308. The number of ether oxygens (including phenoxy) is 1. The lowest BCUT2D eigenvalue weighted by molar-refractivity contribution is -0.386. The molecule has 3 rings (SSSR count). The third-order valence-electron chi connectivity index (χ3n) is 5.41. The van der Waals surface area contributed by atoms with Gasteiger partial charge in [0.1, 0.15) is 6.61 Å². The predicted molar refractivity (Wildman–Crippen MR) is 129 cm³/mol. The van der Waals surface area contributed by atoms with Gasteiger partial charge in [-0.15, -0.1) is 0 Å². The van der Waals surface area contributed by atoms with E-state index in [-0.39, 0.29) is 18.0 Å². The molecule has 0 aliphatic rings. The fourth-order valence-corrected chi connectivity index (χ4v) is 3.65. The van der Waals surface area contributed by atoms with Gasteiger partial charge in [0.25, 0.3) is 0 Å². The monoisotopic (exact) mass is 449 g/mol. The van der Waals surface area contributed by atoms with Crippen LogP contribution in [0, 0.1) is 10.1 Å². The Morgan fingerprint density at radius 3 is 2.27 bits per heavy atom. The van der Waals surface area contributed by atoms with Gasteiger partial charge in [0, 0.05) is 19.2 Å². The normalized spacial score (nSPS) is 12.0.